The summed E-state index contributed by atoms with van der Waals surface area (Å²) in [5.41, 5.74) is 2.49. The lowest BCUT2D eigenvalue weighted by Crippen LogP contribution is -2.45. The first kappa shape index (κ1) is 24.4. The summed E-state index contributed by atoms with van der Waals surface area (Å²) in [6.07, 6.45) is 5.16. The average molecular weight is 513 g/mol. The first-order valence-electron chi connectivity index (χ1n) is 13.1. The Kier molecular flexibility index (Phi) is 6.03. The molecule has 6 rings (SSSR count). The Morgan fingerprint density at radius 3 is 2.61 bits per heavy atom. The van der Waals surface area contributed by atoms with Crippen LogP contribution in [0.2, 0.25) is 0 Å². The predicted octanol–water partition coefficient (Wildman–Crippen LogP) is 5.07. The number of amides is 2. The first-order valence-corrected chi connectivity index (χ1v) is 13.1. The fourth-order valence-electron chi connectivity index (χ4n) is 5.75. The minimum absolute atomic E-state index is 0.174. The van der Waals surface area contributed by atoms with E-state index in [9.17, 15) is 4.79 Å². The highest BCUT2D eigenvalue weighted by Gasteiger charge is 2.55. The maximum Gasteiger partial charge on any atom is 0.324 e. The van der Waals surface area contributed by atoms with Crippen LogP contribution >= 0.6 is 0 Å². The van der Waals surface area contributed by atoms with Crippen molar-refractivity contribution in [2.45, 2.75) is 58.0 Å². The molecule has 2 aromatic carbocycles. The van der Waals surface area contributed by atoms with Gasteiger partial charge in [0.25, 0.3) is 0 Å². The Labute approximate surface area is 222 Å². The number of ether oxygens (including phenoxy) is 2. The zero-order valence-corrected chi connectivity index (χ0v) is 22.1. The summed E-state index contributed by atoms with van der Waals surface area (Å²) in [4.78, 5) is 29.7. The smallest absolute Gasteiger partial charge is 0.324 e. The summed E-state index contributed by atoms with van der Waals surface area (Å²) in [5, 5.41) is 3.26. The minimum Gasteiger partial charge on any atom is -0.497 e. The average Bonchev–Trinajstić information content (AvgIpc) is 3.56. The Morgan fingerprint density at radius 2 is 1.92 bits per heavy atom. The van der Waals surface area contributed by atoms with Crippen LogP contribution in [0.5, 0.6) is 5.75 Å². The topological polar surface area (TPSA) is 93.3 Å². The summed E-state index contributed by atoms with van der Waals surface area (Å²) in [7, 11) is 1.63. The van der Waals surface area contributed by atoms with Crippen LogP contribution in [0, 0.1) is 12.8 Å². The molecule has 2 fully saturated rings. The van der Waals surface area contributed by atoms with Gasteiger partial charge in [-0.3, -0.25) is 9.47 Å². The van der Waals surface area contributed by atoms with Crippen LogP contribution in [0.15, 0.2) is 64.8 Å². The number of fused-ring (bicyclic) bond motifs is 3. The van der Waals surface area contributed by atoms with Crippen molar-refractivity contribution < 1.29 is 14.3 Å². The molecular formula is C29H32N6O3. The molecule has 0 saturated carbocycles. The molecule has 2 amide bonds. The number of carbonyl (C=O) groups excluding carboxylic acids is 1. The number of carbonyl (C=O) groups is 1. The van der Waals surface area contributed by atoms with E-state index in [0.29, 0.717) is 29.8 Å². The van der Waals surface area contributed by atoms with Gasteiger partial charge in [0, 0.05) is 0 Å². The van der Waals surface area contributed by atoms with E-state index < -0.39 is 5.54 Å². The number of imidazole rings is 1. The molecule has 1 N–H and O–H groups in total. The number of aromatic nitrogens is 2. The fraction of sp³-hybridized carbons (Fsp3) is 0.379. The molecule has 1 unspecified atom stereocenters. The Morgan fingerprint density at radius 1 is 1.16 bits per heavy atom. The maximum absolute atomic E-state index is 13.6. The molecule has 4 atom stereocenters. The van der Waals surface area contributed by atoms with Crippen molar-refractivity contribution >= 4 is 24.0 Å². The lowest BCUT2D eigenvalue weighted by molar-refractivity contribution is -0.00407. The second-order valence-electron chi connectivity index (χ2n) is 10.3. The van der Waals surface area contributed by atoms with Crippen molar-refractivity contribution in [2.75, 3.05) is 7.11 Å². The predicted molar refractivity (Wildman–Crippen MR) is 145 cm³/mol. The minimum atomic E-state index is -1.09. The number of urea groups is 1. The molecule has 1 aromatic heterocycles. The Hall–Kier alpha value is -3.98. The van der Waals surface area contributed by atoms with Crippen molar-refractivity contribution in [1.29, 1.82) is 0 Å². The largest absolute Gasteiger partial charge is 0.497 e. The van der Waals surface area contributed by atoms with E-state index in [2.05, 4.69) is 19.2 Å². The van der Waals surface area contributed by atoms with Crippen molar-refractivity contribution in [1.82, 2.24) is 19.8 Å². The quantitative estimate of drug-likeness (QED) is 0.499. The second kappa shape index (κ2) is 9.40. The van der Waals surface area contributed by atoms with Gasteiger partial charge < -0.3 is 14.8 Å². The first-order chi connectivity index (χ1) is 18.4. The lowest BCUT2D eigenvalue weighted by atomic mass is 9.85. The highest BCUT2D eigenvalue weighted by molar-refractivity contribution is 6.15. The van der Waals surface area contributed by atoms with E-state index in [1.54, 1.807) is 18.3 Å². The van der Waals surface area contributed by atoms with Gasteiger partial charge in [-0.25, -0.2) is 19.8 Å². The molecule has 9 nitrogen and oxygen atoms in total. The zero-order valence-electron chi connectivity index (χ0n) is 22.1. The number of methoxy groups -OCH3 is 1. The number of aryl methyl sites for hydroxylation is 1. The number of hydrogen-bond donors (Lipinski definition) is 1. The number of hydrogen-bond acceptors (Lipinski definition) is 6. The third-order valence-electron chi connectivity index (χ3n) is 7.85. The second-order valence-corrected chi connectivity index (χ2v) is 10.3. The van der Waals surface area contributed by atoms with Crippen molar-refractivity contribution in [3.05, 3.63) is 77.2 Å². The van der Waals surface area contributed by atoms with Crippen LogP contribution < -0.4 is 10.1 Å². The monoisotopic (exact) mass is 512 g/mol. The third kappa shape index (κ3) is 3.80. The van der Waals surface area contributed by atoms with Crippen LogP contribution in [0.3, 0.4) is 0 Å². The third-order valence-corrected chi connectivity index (χ3v) is 7.85. The summed E-state index contributed by atoms with van der Waals surface area (Å²) >= 11 is 0. The van der Waals surface area contributed by atoms with Gasteiger partial charge in [-0.2, -0.15) is 0 Å². The van der Waals surface area contributed by atoms with Crippen LogP contribution in [0.1, 0.15) is 55.3 Å². The Balaban J connectivity index is 1.46. The summed E-state index contributed by atoms with van der Waals surface area (Å²) in [6, 6.07) is 15.6. The SMILES string of the molecule is CC[C@H]1O[C@@H](n2cnc3c2N=CN=C2N(Cc4ccc(OC)cc4)C(=O)NC23c2ccc(C)cc2)C[C@H]1C. The zero-order chi connectivity index (χ0) is 26.4. The molecular weight excluding hydrogens is 480 g/mol. The maximum atomic E-state index is 13.6. The van der Waals surface area contributed by atoms with Gasteiger partial charge in [-0.05, 0) is 48.9 Å². The number of amidine groups is 1. The number of nitrogens with one attached hydrogen (secondary N) is 1. The molecule has 9 heteroatoms. The standard InChI is InChI=1S/C29H32N6O3/c1-5-23-19(3)14-24(38-23)35-17-32-25-26(35)30-16-31-27-29(25,21-10-6-18(2)7-11-21)33-28(36)34(27)15-20-8-12-22(37-4)13-9-20/h6-13,16-17,19,23-24H,5,14-15H2,1-4H3,(H,33,36)/t19-,23-,24-,29?/m1/s1. The lowest BCUT2D eigenvalue weighted by Gasteiger charge is -2.29. The van der Waals surface area contributed by atoms with Gasteiger partial charge in [0.2, 0.25) is 0 Å². The summed E-state index contributed by atoms with van der Waals surface area (Å²) in [6.45, 7) is 6.75. The van der Waals surface area contributed by atoms with E-state index in [4.69, 9.17) is 24.4 Å². The van der Waals surface area contributed by atoms with E-state index in [1.165, 1.54) is 6.34 Å². The summed E-state index contributed by atoms with van der Waals surface area (Å²) < 4.78 is 13.7. The van der Waals surface area contributed by atoms with E-state index in [0.717, 1.165) is 35.3 Å². The normalized spacial score (nSPS) is 26.0. The van der Waals surface area contributed by atoms with Gasteiger partial charge in [0.05, 0.1) is 26.1 Å². The van der Waals surface area contributed by atoms with E-state index >= 15 is 0 Å². The molecule has 196 valence electrons. The van der Waals surface area contributed by atoms with Crippen LogP contribution in [0.25, 0.3) is 0 Å². The van der Waals surface area contributed by atoms with Crippen LogP contribution in [-0.2, 0) is 16.8 Å². The van der Waals surface area contributed by atoms with Gasteiger partial charge in [0.15, 0.2) is 17.2 Å². The molecule has 3 aliphatic rings. The molecule has 4 heterocycles. The molecule has 0 spiro atoms. The molecule has 3 aromatic rings. The highest BCUT2D eigenvalue weighted by Crippen LogP contribution is 2.45. The molecule has 38 heavy (non-hydrogen) atoms. The Bertz CT molecular complexity index is 1410. The van der Waals surface area contributed by atoms with Crippen molar-refractivity contribution in [2.24, 2.45) is 15.9 Å². The molecule has 0 bridgehead atoms. The molecule has 3 aliphatic heterocycles. The number of rotatable bonds is 6. The van der Waals surface area contributed by atoms with Crippen LogP contribution in [-0.4, -0.2) is 45.9 Å². The van der Waals surface area contributed by atoms with Gasteiger partial charge in [-0.1, -0.05) is 55.8 Å². The number of nitrogens with zero attached hydrogens (tertiary/aromatic N) is 5. The van der Waals surface area contributed by atoms with E-state index in [1.807, 2.05) is 60.0 Å². The van der Waals surface area contributed by atoms with Gasteiger partial charge in [0.1, 0.15) is 24.0 Å². The van der Waals surface area contributed by atoms with Crippen molar-refractivity contribution in [3.8, 4) is 5.75 Å². The van der Waals surface area contributed by atoms with Gasteiger partial charge >= 0.3 is 6.03 Å². The molecule has 0 radical (unpaired) electrons. The van der Waals surface area contributed by atoms with Crippen molar-refractivity contribution in [3.63, 3.8) is 0 Å². The summed E-state index contributed by atoms with van der Waals surface area (Å²) in [5.74, 6) is 2.38. The van der Waals surface area contributed by atoms with Gasteiger partial charge in [-0.15, -0.1) is 0 Å². The molecule has 0 aliphatic carbocycles. The highest BCUT2D eigenvalue weighted by atomic mass is 16.5. The van der Waals surface area contributed by atoms with E-state index in [-0.39, 0.29) is 18.4 Å². The number of aliphatic imine (C=N–C) groups is 2. The number of benzene rings is 2. The fourth-order valence-corrected chi connectivity index (χ4v) is 5.75. The van der Waals surface area contributed by atoms with Crippen LogP contribution in [0.4, 0.5) is 10.6 Å². The molecule has 2 saturated heterocycles.